The van der Waals surface area contributed by atoms with Crippen LogP contribution in [-0.4, -0.2) is 38.1 Å². The molecule has 0 saturated carbocycles. The Morgan fingerprint density at radius 1 is 1.03 bits per heavy atom. The summed E-state index contributed by atoms with van der Waals surface area (Å²) >= 11 is 6.19. The maximum absolute atomic E-state index is 12.4. The first-order valence-electron chi connectivity index (χ1n) is 9.86. The Hall–Kier alpha value is -2.37. The van der Waals surface area contributed by atoms with E-state index in [1.165, 1.54) is 0 Å². The maximum atomic E-state index is 12.4. The average molecular weight is 415 g/mol. The number of hydrogen-bond donors (Lipinski definition) is 2. The number of carbonyl (C=O) groups excluding carboxylic acids is 2. The molecule has 0 spiro atoms. The molecule has 0 radical (unpaired) electrons. The zero-order valence-electron chi connectivity index (χ0n) is 16.9. The maximum Gasteiger partial charge on any atom is 0.251 e. The van der Waals surface area contributed by atoms with Gasteiger partial charge in [-0.15, -0.1) is 0 Å². The minimum atomic E-state index is -0.251. The van der Waals surface area contributed by atoms with E-state index in [4.69, 9.17) is 16.3 Å². The van der Waals surface area contributed by atoms with Crippen molar-refractivity contribution < 1.29 is 14.3 Å². The van der Waals surface area contributed by atoms with E-state index in [0.29, 0.717) is 30.3 Å². The summed E-state index contributed by atoms with van der Waals surface area (Å²) < 4.78 is 5.53. The normalized spacial score (nSPS) is 15.6. The van der Waals surface area contributed by atoms with Crippen LogP contribution >= 0.6 is 11.6 Å². The summed E-state index contributed by atoms with van der Waals surface area (Å²) in [6, 6.07) is 13.3. The molecule has 2 amide bonds. The predicted octanol–water partition coefficient (Wildman–Crippen LogP) is 3.55. The molecule has 1 saturated heterocycles. The van der Waals surface area contributed by atoms with Gasteiger partial charge in [0.1, 0.15) is 0 Å². The van der Waals surface area contributed by atoms with E-state index in [1.54, 1.807) is 6.07 Å². The largest absolute Gasteiger partial charge is 0.381 e. The third kappa shape index (κ3) is 5.37. The number of nitrogens with one attached hydrogen (secondary N) is 2. The van der Waals surface area contributed by atoms with Gasteiger partial charge in [0, 0.05) is 35.8 Å². The van der Waals surface area contributed by atoms with Crippen LogP contribution in [0, 0.1) is 13.8 Å². The topological polar surface area (TPSA) is 67.4 Å². The van der Waals surface area contributed by atoms with E-state index in [1.807, 2.05) is 50.2 Å². The second kappa shape index (κ2) is 9.42. The Balaban J connectivity index is 1.59. The van der Waals surface area contributed by atoms with Gasteiger partial charge >= 0.3 is 0 Å². The van der Waals surface area contributed by atoms with Gasteiger partial charge in [-0.2, -0.15) is 0 Å². The first-order chi connectivity index (χ1) is 13.9. The second-order valence-electron chi connectivity index (χ2n) is 7.66. The smallest absolute Gasteiger partial charge is 0.251 e. The van der Waals surface area contributed by atoms with Crippen molar-refractivity contribution in [2.24, 2.45) is 0 Å². The highest BCUT2D eigenvalue weighted by molar-refractivity contribution is 6.30. The number of aryl methyl sites for hydroxylation is 2. The van der Waals surface area contributed by atoms with E-state index >= 15 is 0 Å². The van der Waals surface area contributed by atoms with Crippen molar-refractivity contribution in [3.05, 3.63) is 69.7 Å². The number of rotatable bonds is 6. The lowest BCUT2D eigenvalue weighted by Gasteiger charge is -2.38. The Morgan fingerprint density at radius 3 is 2.48 bits per heavy atom. The van der Waals surface area contributed by atoms with E-state index < -0.39 is 0 Å². The summed E-state index contributed by atoms with van der Waals surface area (Å²) in [4.78, 5) is 24.7. The fourth-order valence-corrected chi connectivity index (χ4v) is 3.81. The third-order valence-electron chi connectivity index (χ3n) is 5.69. The zero-order valence-corrected chi connectivity index (χ0v) is 17.6. The highest BCUT2D eigenvalue weighted by atomic mass is 35.5. The van der Waals surface area contributed by atoms with Crippen molar-refractivity contribution in [3.8, 4) is 0 Å². The van der Waals surface area contributed by atoms with Crippen molar-refractivity contribution in [3.63, 3.8) is 0 Å². The van der Waals surface area contributed by atoms with Crippen LogP contribution in [0.3, 0.4) is 0 Å². The molecule has 1 aliphatic rings. The third-order valence-corrected chi connectivity index (χ3v) is 5.92. The standard InChI is InChI=1S/C23H27ClN2O3/c1-16-6-7-18(12-17(16)2)22(28)25-14-21(27)26-15-23(8-10-29-11-9-23)19-4-3-5-20(24)13-19/h3-7,12-13H,8-11,14-15H2,1-2H3,(H,25,28)(H,26,27). The summed E-state index contributed by atoms with van der Waals surface area (Å²) in [7, 11) is 0. The zero-order chi connectivity index (χ0) is 20.9. The van der Waals surface area contributed by atoms with Crippen LogP contribution in [0.4, 0.5) is 0 Å². The summed E-state index contributed by atoms with van der Waals surface area (Å²) in [5.74, 6) is -0.464. The fourth-order valence-electron chi connectivity index (χ4n) is 3.62. The van der Waals surface area contributed by atoms with Crippen LogP contribution in [0.15, 0.2) is 42.5 Å². The summed E-state index contributed by atoms with van der Waals surface area (Å²) in [5.41, 5.74) is 3.62. The van der Waals surface area contributed by atoms with E-state index in [9.17, 15) is 9.59 Å². The van der Waals surface area contributed by atoms with Crippen LogP contribution in [0.2, 0.25) is 5.02 Å². The lowest BCUT2D eigenvalue weighted by atomic mass is 9.74. The fraction of sp³-hybridized carbons (Fsp3) is 0.391. The predicted molar refractivity (Wildman–Crippen MR) is 114 cm³/mol. The first kappa shape index (κ1) is 21.3. The molecular weight excluding hydrogens is 388 g/mol. The Labute approximate surface area is 176 Å². The summed E-state index contributed by atoms with van der Waals surface area (Å²) in [6.07, 6.45) is 1.62. The quantitative estimate of drug-likeness (QED) is 0.759. The Kier molecular flexibility index (Phi) is 6.93. The van der Waals surface area contributed by atoms with Gasteiger partial charge < -0.3 is 15.4 Å². The molecule has 2 aromatic rings. The number of hydrogen-bond acceptors (Lipinski definition) is 3. The molecule has 1 fully saturated rings. The molecule has 0 aliphatic carbocycles. The van der Waals surface area contributed by atoms with E-state index in [2.05, 4.69) is 10.6 Å². The van der Waals surface area contributed by atoms with Crippen LogP contribution in [-0.2, 0) is 14.9 Å². The van der Waals surface area contributed by atoms with Gasteiger partial charge in [-0.05, 0) is 67.6 Å². The van der Waals surface area contributed by atoms with Crippen molar-refractivity contribution in [1.82, 2.24) is 10.6 Å². The van der Waals surface area contributed by atoms with Crippen molar-refractivity contribution in [2.75, 3.05) is 26.3 Å². The van der Waals surface area contributed by atoms with Gasteiger partial charge in [0.25, 0.3) is 5.91 Å². The van der Waals surface area contributed by atoms with Crippen LogP contribution in [0.1, 0.15) is 39.9 Å². The molecule has 6 heteroatoms. The minimum absolute atomic E-state index is 0.0616. The Bertz CT molecular complexity index is 891. The highest BCUT2D eigenvalue weighted by Gasteiger charge is 2.35. The van der Waals surface area contributed by atoms with Gasteiger partial charge in [-0.1, -0.05) is 29.8 Å². The molecule has 3 rings (SSSR count). The molecule has 0 aromatic heterocycles. The van der Waals surface area contributed by atoms with Crippen LogP contribution in [0.5, 0.6) is 0 Å². The van der Waals surface area contributed by atoms with Gasteiger partial charge in [0.15, 0.2) is 0 Å². The minimum Gasteiger partial charge on any atom is -0.381 e. The lowest BCUT2D eigenvalue weighted by Crippen LogP contribution is -2.47. The average Bonchev–Trinajstić information content (AvgIpc) is 2.73. The van der Waals surface area contributed by atoms with Crippen molar-refractivity contribution in [2.45, 2.75) is 32.1 Å². The molecule has 2 aromatic carbocycles. The number of ether oxygens (including phenoxy) is 1. The second-order valence-corrected chi connectivity index (χ2v) is 8.10. The van der Waals surface area contributed by atoms with E-state index in [0.717, 1.165) is 29.5 Å². The SMILES string of the molecule is Cc1ccc(C(=O)NCC(=O)NCC2(c3cccc(Cl)c3)CCOCC2)cc1C. The highest BCUT2D eigenvalue weighted by Crippen LogP contribution is 2.35. The Morgan fingerprint density at radius 2 is 1.79 bits per heavy atom. The molecule has 5 nitrogen and oxygen atoms in total. The van der Waals surface area contributed by atoms with Crippen LogP contribution < -0.4 is 10.6 Å². The van der Waals surface area contributed by atoms with Gasteiger partial charge in [-0.25, -0.2) is 0 Å². The van der Waals surface area contributed by atoms with Gasteiger partial charge in [-0.3, -0.25) is 9.59 Å². The molecule has 0 atom stereocenters. The monoisotopic (exact) mass is 414 g/mol. The molecule has 2 N–H and O–H groups in total. The molecule has 154 valence electrons. The van der Waals surface area contributed by atoms with Crippen molar-refractivity contribution in [1.29, 1.82) is 0 Å². The van der Waals surface area contributed by atoms with Gasteiger partial charge in [0.05, 0.1) is 6.54 Å². The van der Waals surface area contributed by atoms with Gasteiger partial charge in [0.2, 0.25) is 5.91 Å². The number of benzene rings is 2. The van der Waals surface area contributed by atoms with E-state index in [-0.39, 0.29) is 23.8 Å². The lowest BCUT2D eigenvalue weighted by molar-refractivity contribution is -0.120. The number of carbonyl (C=O) groups is 2. The molecule has 0 bridgehead atoms. The van der Waals surface area contributed by atoms with Crippen molar-refractivity contribution >= 4 is 23.4 Å². The number of amides is 2. The first-order valence-corrected chi connectivity index (χ1v) is 10.2. The van der Waals surface area contributed by atoms with Crippen LogP contribution in [0.25, 0.3) is 0 Å². The summed E-state index contributed by atoms with van der Waals surface area (Å²) in [5, 5.41) is 6.36. The summed E-state index contributed by atoms with van der Waals surface area (Å²) in [6.45, 7) is 5.67. The molecule has 1 aliphatic heterocycles. The molecule has 29 heavy (non-hydrogen) atoms. The number of halogens is 1. The molecule has 0 unspecified atom stereocenters. The molecular formula is C23H27ClN2O3. The molecule has 1 heterocycles.